The zero-order chi connectivity index (χ0) is 10.8. The molecule has 1 aromatic rings. The van der Waals surface area contributed by atoms with Crippen LogP contribution < -0.4 is 0 Å². The molecule has 0 aliphatic carbocycles. The lowest BCUT2D eigenvalue weighted by Crippen LogP contribution is -2.15. The van der Waals surface area contributed by atoms with Gasteiger partial charge in [-0.2, -0.15) is 0 Å². The second-order valence-corrected chi connectivity index (χ2v) is 5.15. The molecule has 1 heterocycles. The Balaban J connectivity index is 1.95. The van der Waals surface area contributed by atoms with Crippen LogP contribution in [0, 0.1) is 5.92 Å². The van der Waals surface area contributed by atoms with E-state index in [1.807, 2.05) is 12.1 Å². The highest BCUT2D eigenvalue weighted by Crippen LogP contribution is 2.29. The number of aromatic hydroxyl groups is 1. The van der Waals surface area contributed by atoms with E-state index >= 15 is 0 Å². The Kier molecular flexibility index (Phi) is 3.19. The van der Waals surface area contributed by atoms with Crippen LogP contribution in [0.5, 0.6) is 5.75 Å². The first-order valence-electron chi connectivity index (χ1n) is 5.05. The summed E-state index contributed by atoms with van der Waals surface area (Å²) < 4.78 is 2.15. The van der Waals surface area contributed by atoms with Gasteiger partial charge in [0.25, 0.3) is 0 Å². The molecule has 0 unspecified atom stereocenters. The second kappa shape index (κ2) is 4.43. The molecule has 0 spiro atoms. The van der Waals surface area contributed by atoms with Gasteiger partial charge in [0.2, 0.25) is 0 Å². The molecule has 4 heteroatoms. The third-order valence-electron chi connectivity index (χ3n) is 2.61. The van der Waals surface area contributed by atoms with Gasteiger partial charge in [0.05, 0.1) is 6.10 Å². The van der Waals surface area contributed by atoms with E-state index in [-0.39, 0.29) is 11.9 Å². The van der Waals surface area contributed by atoms with Crippen molar-refractivity contribution in [3.63, 3.8) is 0 Å². The molecule has 2 atom stereocenters. The maximum absolute atomic E-state index is 9.60. The number of phenols is 1. The lowest BCUT2D eigenvalue weighted by Gasteiger charge is -2.13. The summed E-state index contributed by atoms with van der Waals surface area (Å²) in [6.07, 6.45) is -0.213. The minimum atomic E-state index is -0.213. The van der Waals surface area contributed by atoms with Crippen LogP contribution in [0.1, 0.15) is 6.92 Å². The Morgan fingerprint density at radius 3 is 2.47 bits per heavy atom. The van der Waals surface area contributed by atoms with Gasteiger partial charge in [-0.15, -0.1) is 0 Å². The zero-order valence-corrected chi connectivity index (χ0v) is 9.44. The van der Waals surface area contributed by atoms with Crippen molar-refractivity contribution >= 4 is 11.9 Å². The molecule has 2 N–H and O–H groups in total. The number of hydrogen-bond donors (Lipinski definition) is 2. The van der Waals surface area contributed by atoms with E-state index in [2.05, 4.69) is 11.2 Å². The highest BCUT2D eigenvalue weighted by atomic mass is 32.2. The summed E-state index contributed by atoms with van der Waals surface area (Å²) >= 11 is 1.63. The topological polar surface area (TPSA) is 43.7 Å². The molecular weight excluding hydrogens is 210 g/mol. The van der Waals surface area contributed by atoms with Crippen LogP contribution in [0.3, 0.4) is 0 Å². The van der Waals surface area contributed by atoms with Gasteiger partial charge in [-0.3, -0.25) is 0 Å². The summed E-state index contributed by atoms with van der Waals surface area (Å²) in [7, 11) is 0. The van der Waals surface area contributed by atoms with E-state index in [1.54, 1.807) is 24.1 Å². The molecule has 3 nitrogen and oxygen atoms in total. The molecule has 0 amide bonds. The standard InChI is InChI=1S/C11H15NO2S/c1-8-6-12(7-11(8)14)15-10-4-2-9(13)3-5-10/h2-5,8,11,13-14H,6-7H2,1H3/t8-,11+/m0/s1. The summed E-state index contributed by atoms with van der Waals surface area (Å²) in [5.74, 6) is 0.629. The van der Waals surface area contributed by atoms with Gasteiger partial charge < -0.3 is 10.2 Å². The fraction of sp³-hybridized carbons (Fsp3) is 0.455. The maximum Gasteiger partial charge on any atom is 0.115 e. The third-order valence-corrected chi connectivity index (χ3v) is 3.65. The summed E-state index contributed by atoms with van der Waals surface area (Å²) in [6.45, 7) is 3.68. The summed E-state index contributed by atoms with van der Waals surface area (Å²) in [5, 5.41) is 18.7. The highest BCUT2D eigenvalue weighted by molar-refractivity contribution is 7.97. The number of hydrogen-bond acceptors (Lipinski definition) is 4. The molecule has 0 aromatic heterocycles. The SMILES string of the molecule is C[C@H]1CN(Sc2ccc(O)cc2)C[C@H]1O. The Morgan fingerprint density at radius 1 is 1.27 bits per heavy atom. The van der Waals surface area contributed by atoms with Crippen molar-refractivity contribution in [2.24, 2.45) is 5.92 Å². The summed E-state index contributed by atoms with van der Waals surface area (Å²) in [5.41, 5.74) is 0. The van der Waals surface area contributed by atoms with Crippen LogP contribution in [0.25, 0.3) is 0 Å². The van der Waals surface area contributed by atoms with Crippen molar-refractivity contribution < 1.29 is 10.2 Å². The van der Waals surface area contributed by atoms with Gasteiger partial charge in [-0.05, 0) is 42.1 Å². The number of aliphatic hydroxyl groups is 1. The molecule has 1 fully saturated rings. The lowest BCUT2D eigenvalue weighted by atomic mass is 10.1. The van der Waals surface area contributed by atoms with Crippen molar-refractivity contribution in [1.82, 2.24) is 4.31 Å². The molecule has 82 valence electrons. The van der Waals surface area contributed by atoms with E-state index < -0.39 is 0 Å². The van der Waals surface area contributed by atoms with E-state index in [4.69, 9.17) is 5.11 Å². The van der Waals surface area contributed by atoms with Crippen molar-refractivity contribution in [1.29, 1.82) is 0 Å². The number of rotatable bonds is 2. The Hall–Kier alpha value is -0.710. The van der Waals surface area contributed by atoms with Crippen molar-refractivity contribution in [2.45, 2.75) is 17.9 Å². The Bertz CT molecular complexity index is 318. The van der Waals surface area contributed by atoms with Gasteiger partial charge in [-0.25, -0.2) is 4.31 Å². The van der Waals surface area contributed by atoms with Gasteiger partial charge in [-0.1, -0.05) is 6.92 Å². The summed E-state index contributed by atoms with van der Waals surface area (Å²) in [6, 6.07) is 7.13. The Labute approximate surface area is 93.9 Å². The van der Waals surface area contributed by atoms with E-state index in [0.29, 0.717) is 12.5 Å². The number of phenolic OH excluding ortho intramolecular Hbond substituents is 1. The minimum Gasteiger partial charge on any atom is -0.508 e. The maximum atomic E-state index is 9.60. The van der Waals surface area contributed by atoms with E-state index in [9.17, 15) is 5.11 Å². The average Bonchev–Trinajstić information content (AvgIpc) is 2.50. The Morgan fingerprint density at radius 2 is 1.93 bits per heavy atom. The first kappa shape index (κ1) is 10.8. The first-order valence-corrected chi connectivity index (χ1v) is 5.82. The third kappa shape index (κ3) is 2.65. The van der Waals surface area contributed by atoms with Crippen LogP contribution in [-0.4, -0.2) is 33.7 Å². The quantitative estimate of drug-likeness (QED) is 0.752. The van der Waals surface area contributed by atoms with E-state index in [0.717, 1.165) is 11.4 Å². The van der Waals surface area contributed by atoms with Gasteiger partial charge in [0.15, 0.2) is 0 Å². The lowest BCUT2D eigenvalue weighted by molar-refractivity contribution is 0.154. The number of benzene rings is 1. The molecule has 0 radical (unpaired) electrons. The van der Waals surface area contributed by atoms with Crippen LogP contribution in [0.4, 0.5) is 0 Å². The molecule has 15 heavy (non-hydrogen) atoms. The molecule has 1 aliphatic rings. The van der Waals surface area contributed by atoms with E-state index in [1.165, 1.54) is 0 Å². The monoisotopic (exact) mass is 225 g/mol. The number of aliphatic hydroxyl groups excluding tert-OH is 1. The normalized spacial score (nSPS) is 27.1. The van der Waals surface area contributed by atoms with Gasteiger partial charge in [0, 0.05) is 18.0 Å². The van der Waals surface area contributed by atoms with Crippen molar-refractivity contribution in [2.75, 3.05) is 13.1 Å². The van der Waals surface area contributed by atoms with Crippen LogP contribution in [0.15, 0.2) is 29.2 Å². The smallest absolute Gasteiger partial charge is 0.115 e. The number of β-amino-alcohol motifs (C(OH)–C–C–N with tert-alkyl or cyclic N) is 1. The second-order valence-electron chi connectivity index (χ2n) is 3.98. The minimum absolute atomic E-state index is 0.213. The van der Waals surface area contributed by atoms with Crippen LogP contribution in [0.2, 0.25) is 0 Å². The highest BCUT2D eigenvalue weighted by Gasteiger charge is 2.28. The molecule has 1 aliphatic heterocycles. The largest absolute Gasteiger partial charge is 0.508 e. The molecule has 0 bridgehead atoms. The molecule has 1 saturated heterocycles. The van der Waals surface area contributed by atoms with Crippen LogP contribution >= 0.6 is 11.9 Å². The van der Waals surface area contributed by atoms with Crippen LogP contribution in [-0.2, 0) is 0 Å². The fourth-order valence-corrected chi connectivity index (χ4v) is 2.73. The predicted molar refractivity (Wildman–Crippen MR) is 60.7 cm³/mol. The van der Waals surface area contributed by atoms with Gasteiger partial charge >= 0.3 is 0 Å². The number of nitrogens with zero attached hydrogens (tertiary/aromatic N) is 1. The molecule has 0 saturated carbocycles. The zero-order valence-electron chi connectivity index (χ0n) is 8.63. The predicted octanol–water partition coefficient (Wildman–Crippen LogP) is 1.71. The molecular formula is C11H15NO2S. The molecule has 2 rings (SSSR count). The molecule has 1 aromatic carbocycles. The average molecular weight is 225 g/mol. The first-order chi connectivity index (χ1) is 7.15. The van der Waals surface area contributed by atoms with Gasteiger partial charge in [0.1, 0.15) is 5.75 Å². The summed E-state index contributed by atoms with van der Waals surface area (Å²) in [4.78, 5) is 1.09. The van der Waals surface area contributed by atoms with Crippen molar-refractivity contribution in [3.05, 3.63) is 24.3 Å². The van der Waals surface area contributed by atoms with Crippen molar-refractivity contribution in [3.8, 4) is 5.75 Å². The fourth-order valence-electron chi connectivity index (χ4n) is 1.64.